The molecule has 0 unspecified atom stereocenters. The smallest absolute Gasteiger partial charge is 0.369 e. The number of hydrogen-bond donors (Lipinski definition) is 1. The van der Waals surface area contributed by atoms with Gasteiger partial charge in [0.25, 0.3) is 5.60 Å². The molecule has 23 heavy (non-hydrogen) atoms. The number of halogens is 8. The Morgan fingerprint density at radius 1 is 1.00 bits per heavy atom. The van der Waals surface area contributed by atoms with Gasteiger partial charge in [-0.3, -0.25) is 5.01 Å². The molecule has 0 amide bonds. The highest BCUT2D eigenvalue weighted by Crippen LogP contribution is 2.46. The van der Waals surface area contributed by atoms with E-state index in [0.717, 1.165) is 12.1 Å². The Kier molecular flexibility index (Phi) is 4.04. The number of alkyl halides is 6. The predicted molar refractivity (Wildman–Crippen MR) is 62.8 cm³/mol. The van der Waals surface area contributed by atoms with Gasteiger partial charge in [-0.15, -0.1) is 0 Å². The standard InChI is InChI=1S/C12H8F8N2O/c13-6-1-2-8(7(14)5-6)22-4-3-9(21-22)10(23,11(15,16)17)12(18,19)20/h1-2,5,23H,3-4H2. The van der Waals surface area contributed by atoms with Crippen LogP contribution in [0.25, 0.3) is 0 Å². The minimum Gasteiger partial charge on any atom is -0.369 e. The van der Waals surface area contributed by atoms with Crippen molar-refractivity contribution >= 4 is 11.4 Å². The normalized spacial score (nSPS) is 16.7. The van der Waals surface area contributed by atoms with Crippen LogP contribution >= 0.6 is 0 Å². The molecule has 3 nitrogen and oxygen atoms in total. The van der Waals surface area contributed by atoms with Crippen LogP contribution in [0.4, 0.5) is 40.8 Å². The van der Waals surface area contributed by atoms with E-state index >= 15 is 0 Å². The third kappa shape index (κ3) is 2.84. The summed E-state index contributed by atoms with van der Waals surface area (Å²) in [5, 5.41) is 12.8. The SMILES string of the molecule is OC(C1=NN(c2ccc(F)cc2F)CC1)(C(F)(F)F)C(F)(F)F. The Hall–Kier alpha value is -1.91. The van der Waals surface area contributed by atoms with Gasteiger partial charge in [-0.2, -0.15) is 31.4 Å². The van der Waals surface area contributed by atoms with Crippen molar-refractivity contribution in [2.75, 3.05) is 11.6 Å². The molecule has 0 aromatic heterocycles. The second kappa shape index (κ2) is 5.32. The van der Waals surface area contributed by atoms with Crippen LogP contribution in [0.5, 0.6) is 0 Å². The Balaban J connectivity index is 2.45. The van der Waals surface area contributed by atoms with Crippen LogP contribution in [0.3, 0.4) is 0 Å². The lowest BCUT2D eigenvalue weighted by Gasteiger charge is -2.31. The van der Waals surface area contributed by atoms with Crippen LogP contribution < -0.4 is 5.01 Å². The van der Waals surface area contributed by atoms with Crippen molar-refractivity contribution in [3.8, 4) is 0 Å². The molecule has 0 aliphatic carbocycles. The van der Waals surface area contributed by atoms with Crippen molar-refractivity contribution < 1.29 is 40.2 Å². The van der Waals surface area contributed by atoms with E-state index in [-0.39, 0.29) is 0 Å². The molecule has 0 spiro atoms. The average molecular weight is 348 g/mol. The highest BCUT2D eigenvalue weighted by Gasteiger charge is 2.73. The van der Waals surface area contributed by atoms with E-state index in [1.807, 2.05) is 0 Å². The molecule has 0 fully saturated rings. The topological polar surface area (TPSA) is 35.8 Å². The van der Waals surface area contributed by atoms with Gasteiger partial charge in [0.05, 0.1) is 11.4 Å². The summed E-state index contributed by atoms with van der Waals surface area (Å²) in [5.74, 6) is -2.19. The number of anilines is 1. The van der Waals surface area contributed by atoms with Crippen molar-refractivity contribution in [1.29, 1.82) is 0 Å². The van der Waals surface area contributed by atoms with Crippen LogP contribution in [0.2, 0.25) is 0 Å². The fourth-order valence-corrected chi connectivity index (χ4v) is 2.06. The van der Waals surface area contributed by atoms with Gasteiger partial charge in [0.2, 0.25) is 0 Å². The second-order valence-electron chi connectivity index (χ2n) is 4.72. The largest absolute Gasteiger partial charge is 0.431 e. The monoisotopic (exact) mass is 348 g/mol. The van der Waals surface area contributed by atoms with E-state index in [9.17, 15) is 40.2 Å². The number of hydrazone groups is 1. The van der Waals surface area contributed by atoms with Crippen LogP contribution in [-0.4, -0.2) is 35.3 Å². The molecule has 11 heteroatoms. The zero-order valence-electron chi connectivity index (χ0n) is 11.0. The van der Waals surface area contributed by atoms with Crippen molar-refractivity contribution in [3.63, 3.8) is 0 Å². The lowest BCUT2D eigenvalue weighted by Crippen LogP contribution is -2.62. The minimum absolute atomic E-state index is 0.405. The van der Waals surface area contributed by atoms with E-state index < -0.39 is 54.0 Å². The van der Waals surface area contributed by atoms with Gasteiger partial charge in [0, 0.05) is 19.0 Å². The van der Waals surface area contributed by atoms with Crippen molar-refractivity contribution in [1.82, 2.24) is 0 Å². The summed E-state index contributed by atoms with van der Waals surface area (Å²) in [4.78, 5) is 0. The summed E-state index contributed by atoms with van der Waals surface area (Å²) >= 11 is 0. The fraction of sp³-hybridized carbons (Fsp3) is 0.417. The van der Waals surface area contributed by atoms with E-state index in [1.54, 1.807) is 0 Å². The van der Waals surface area contributed by atoms with Gasteiger partial charge in [-0.25, -0.2) is 8.78 Å². The number of benzene rings is 1. The molecule has 2 rings (SSSR count). The van der Waals surface area contributed by atoms with E-state index in [2.05, 4.69) is 5.10 Å². The zero-order chi connectivity index (χ0) is 17.6. The van der Waals surface area contributed by atoms with Crippen LogP contribution in [-0.2, 0) is 0 Å². The zero-order valence-corrected chi connectivity index (χ0v) is 11.0. The Morgan fingerprint density at radius 2 is 1.57 bits per heavy atom. The molecule has 1 N–H and O–H groups in total. The molecule has 1 aromatic rings. The molecule has 0 saturated heterocycles. The molecule has 1 heterocycles. The molecule has 0 radical (unpaired) electrons. The third-order valence-corrected chi connectivity index (χ3v) is 3.23. The number of rotatable bonds is 2. The maximum absolute atomic E-state index is 13.5. The van der Waals surface area contributed by atoms with Crippen LogP contribution in [0, 0.1) is 11.6 Å². The van der Waals surface area contributed by atoms with Crippen LogP contribution in [0.15, 0.2) is 23.3 Å². The highest BCUT2D eigenvalue weighted by molar-refractivity contribution is 5.96. The Morgan fingerprint density at radius 3 is 2.04 bits per heavy atom. The van der Waals surface area contributed by atoms with E-state index in [4.69, 9.17) is 0 Å². The molecular weight excluding hydrogens is 340 g/mol. The summed E-state index contributed by atoms with van der Waals surface area (Å²) in [6.45, 7) is -0.535. The molecule has 1 aromatic carbocycles. The predicted octanol–water partition coefficient (Wildman–Crippen LogP) is 3.39. The van der Waals surface area contributed by atoms with Gasteiger partial charge in [0.15, 0.2) is 5.82 Å². The third-order valence-electron chi connectivity index (χ3n) is 3.23. The van der Waals surface area contributed by atoms with Crippen molar-refractivity contribution in [2.24, 2.45) is 5.10 Å². The maximum Gasteiger partial charge on any atom is 0.431 e. The number of aliphatic hydroxyl groups is 1. The fourth-order valence-electron chi connectivity index (χ4n) is 2.06. The number of nitrogens with zero attached hydrogens (tertiary/aromatic N) is 2. The van der Waals surface area contributed by atoms with Crippen molar-refractivity contribution in [2.45, 2.75) is 24.4 Å². The maximum atomic E-state index is 13.5. The molecular formula is C12H8F8N2O. The Bertz CT molecular complexity index is 623. The summed E-state index contributed by atoms with van der Waals surface area (Å²) in [7, 11) is 0. The van der Waals surface area contributed by atoms with Crippen LogP contribution in [0.1, 0.15) is 6.42 Å². The summed E-state index contributed by atoms with van der Waals surface area (Å²) < 4.78 is 103. The molecule has 128 valence electrons. The molecule has 1 aliphatic heterocycles. The van der Waals surface area contributed by atoms with Gasteiger partial charge < -0.3 is 5.11 Å². The lowest BCUT2D eigenvalue weighted by molar-refractivity contribution is -0.338. The highest BCUT2D eigenvalue weighted by atomic mass is 19.4. The van der Waals surface area contributed by atoms with Gasteiger partial charge in [0.1, 0.15) is 5.82 Å². The van der Waals surface area contributed by atoms with Crippen molar-refractivity contribution in [3.05, 3.63) is 29.8 Å². The van der Waals surface area contributed by atoms with Gasteiger partial charge >= 0.3 is 12.4 Å². The van der Waals surface area contributed by atoms with Gasteiger partial charge in [-0.1, -0.05) is 0 Å². The summed E-state index contributed by atoms with van der Waals surface area (Å²) in [6, 6.07) is 1.99. The first-order chi connectivity index (χ1) is 10.4. The summed E-state index contributed by atoms with van der Waals surface area (Å²) in [5.41, 5.74) is -7.25. The van der Waals surface area contributed by atoms with Gasteiger partial charge in [-0.05, 0) is 12.1 Å². The lowest BCUT2D eigenvalue weighted by atomic mass is 9.94. The van der Waals surface area contributed by atoms with E-state index in [1.165, 1.54) is 0 Å². The molecule has 0 atom stereocenters. The number of hydrogen-bond acceptors (Lipinski definition) is 3. The second-order valence-corrected chi connectivity index (χ2v) is 4.72. The quantitative estimate of drug-likeness (QED) is 0.832. The summed E-state index contributed by atoms with van der Waals surface area (Å²) in [6.07, 6.45) is -13.0. The molecule has 1 aliphatic rings. The Labute approximate surface area is 123 Å². The molecule has 0 bridgehead atoms. The minimum atomic E-state index is -6.05. The first kappa shape index (κ1) is 17.4. The first-order valence-electron chi connectivity index (χ1n) is 6.04. The first-order valence-corrected chi connectivity index (χ1v) is 6.04. The van der Waals surface area contributed by atoms with E-state index in [0.29, 0.717) is 11.1 Å². The molecule has 0 saturated carbocycles. The average Bonchev–Trinajstić information content (AvgIpc) is 2.84.